The Balaban J connectivity index is 2.57. The van der Waals surface area contributed by atoms with Crippen LogP contribution in [-0.2, 0) is 0 Å². The molecule has 1 aliphatic heterocycles. The van der Waals surface area contributed by atoms with Crippen LogP contribution in [0.4, 0.5) is 4.79 Å². The van der Waals surface area contributed by atoms with Gasteiger partial charge in [-0.15, -0.1) is 0 Å². The summed E-state index contributed by atoms with van der Waals surface area (Å²) in [5.41, 5.74) is 0. The molecule has 0 N–H and O–H groups in total. The third-order valence-electron chi connectivity index (χ3n) is 2.81. The van der Waals surface area contributed by atoms with Gasteiger partial charge >= 0.3 is 6.03 Å². The van der Waals surface area contributed by atoms with Gasteiger partial charge in [-0.05, 0) is 32.6 Å². The number of nitrogens with zero attached hydrogens (tertiary/aromatic N) is 2. The minimum atomic E-state index is 0.233. The van der Waals surface area contributed by atoms with Crippen molar-refractivity contribution in [1.29, 1.82) is 0 Å². The quantitative estimate of drug-likeness (QED) is 0.705. The maximum Gasteiger partial charge on any atom is 0.320 e. The fraction of sp³-hybridized carbons (Fsp3) is 0.917. The Morgan fingerprint density at radius 3 is 2.13 bits per heavy atom. The van der Waals surface area contributed by atoms with Gasteiger partial charge in [0.2, 0.25) is 0 Å². The minimum absolute atomic E-state index is 0.233. The van der Waals surface area contributed by atoms with E-state index in [1.165, 1.54) is 12.8 Å². The Bertz CT molecular complexity index is 208. The highest BCUT2D eigenvalue weighted by molar-refractivity contribution is 5.75. The van der Waals surface area contributed by atoms with Gasteiger partial charge in [-0.2, -0.15) is 0 Å². The first-order valence-corrected chi connectivity index (χ1v) is 6.08. The molecule has 1 heterocycles. The summed E-state index contributed by atoms with van der Waals surface area (Å²) in [5, 5.41) is 0. The zero-order valence-electron chi connectivity index (χ0n) is 10.5. The van der Waals surface area contributed by atoms with Gasteiger partial charge in [0.05, 0.1) is 0 Å². The van der Waals surface area contributed by atoms with Gasteiger partial charge in [0.1, 0.15) is 0 Å². The van der Waals surface area contributed by atoms with Crippen LogP contribution in [0.5, 0.6) is 0 Å². The molecule has 0 aromatic rings. The van der Waals surface area contributed by atoms with Crippen molar-refractivity contribution in [1.82, 2.24) is 9.80 Å². The van der Waals surface area contributed by atoms with Crippen molar-refractivity contribution < 1.29 is 4.79 Å². The van der Waals surface area contributed by atoms with Crippen LogP contribution in [0.3, 0.4) is 0 Å². The van der Waals surface area contributed by atoms with Crippen molar-refractivity contribution in [2.75, 3.05) is 19.6 Å². The van der Waals surface area contributed by atoms with Gasteiger partial charge in [0, 0.05) is 25.7 Å². The smallest absolute Gasteiger partial charge is 0.320 e. The number of urea groups is 1. The van der Waals surface area contributed by atoms with Crippen molar-refractivity contribution in [3.05, 3.63) is 0 Å². The van der Waals surface area contributed by atoms with Crippen LogP contribution in [0.15, 0.2) is 0 Å². The van der Waals surface area contributed by atoms with Gasteiger partial charge in [0.15, 0.2) is 0 Å². The Hall–Kier alpha value is -0.730. The summed E-state index contributed by atoms with van der Waals surface area (Å²) in [7, 11) is 0. The van der Waals surface area contributed by atoms with Crippen molar-refractivity contribution in [3.63, 3.8) is 0 Å². The maximum atomic E-state index is 12.2. The highest BCUT2D eigenvalue weighted by Crippen LogP contribution is 2.14. The fourth-order valence-electron chi connectivity index (χ4n) is 1.99. The van der Waals surface area contributed by atoms with Crippen LogP contribution in [0.1, 0.15) is 40.5 Å². The van der Waals surface area contributed by atoms with E-state index in [1.807, 2.05) is 9.80 Å². The summed E-state index contributed by atoms with van der Waals surface area (Å²) < 4.78 is 0. The molecule has 0 radical (unpaired) electrons. The van der Waals surface area contributed by atoms with Crippen LogP contribution in [0, 0.1) is 5.92 Å². The SMILES string of the molecule is CC(C)CN(C(=O)N1CCCC1)C(C)C. The van der Waals surface area contributed by atoms with E-state index in [0.29, 0.717) is 12.0 Å². The Morgan fingerprint density at radius 1 is 1.20 bits per heavy atom. The lowest BCUT2D eigenvalue weighted by Crippen LogP contribution is -2.46. The van der Waals surface area contributed by atoms with E-state index < -0.39 is 0 Å². The first-order valence-electron chi connectivity index (χ1n) is 6.08. The van der Waals surface area contributed by atoms with Crippen molar-refractivity contribution in [2.45, 2.75) is 46.6 Å². The molecule has 0 unspecified atom stereocenters. The van der Waals surface area contributed by atoms with E-state index in [9.17, 15) is 4.79 Å². The number of carbonyl (C=O) groups is 1. The Kier molecular flexibility index (Phi) is 4.43. The molecular weight excluding hydrogens is 188 g/mol. The number of carbonyl (C=O) groups excluding carboxylic acids is 1. The maximum absolute atomic E-state index is 12.2. The number of hydrogen-bond donors (Lipinski definition) is 0. The molecule has 3 heteroatoms. The monoisotopic (exact) mass is 212 g/mol. The number of hydrogen-bond acceptors (Lipinski definition) is 1. The van der Waals surface area contributed by atoms with Gasteiger partial charge in [-0.1, -0.05) is 13.8 Å². The van der Waals surface area contributed by atoms with Crippen LogP contribution >= 0.6 is 0 Å². The number of likely N-dealkylation sites (tertiary alicyclic amines) is 1. The standard InChI is InChI=1S/C12H24N2O/c1-10(2)9-14(11(3)4)12(15)13-7-5-6-8-13/h10-11H,5-9H2,1-4H3. The first kappa shape index (κ1) is 12.3. The lowest BCUT2D eigenvalue weighted by Gasteiger charge is -2.32. The minimum Gasteiger partial charge on any atom is -0.325 e. The van der Waals surface area contributed by atoms with E-state index in [1.54, 1.807) is 0 Å². The van der Waals surface area contributed by atoms with Crippen LogP contribution < -0.4 is 0 Å². The number of rotatable bonds is 3. The molecule has 1 aliphatic rings. The second kappa shape index (κ2) is 5.38. The molecular formula is C12H24N2O. The Labute approximate surface area is 93.4 Å². The molecule has 1 fully saturated rings. The summed E-state index contributed by atoms with van der Waals surface area (Å²) in [5.74, 6) is 0.541. The van der Waals surface area contributed by atoms with Crippen molar-refractivity contribution in [3.8, 4) is 0 Å². The molecule has 0 atom stereocenters. The molecule has 2 amide bonds. The normalized spacial score (nSPS) is 16.5. The highest BCUT2D eigenvalue weighted by atomic mass is 16.2. The zero-order valence-corrected chi connectivity index (χ0v) is 10.5. The van der Waals surface area contributed by atoms with Gasteiger partial charge < -0.3 is 9.80 Å². The summed E-state index contributed by atoms with van der Waals surface area (Å²) in [4.78, 5) is 16.2. The predicted octanol–water partition coefficient (Wildman–Crippen LogP) is 2.57. The molecule has 0 aromatic heterocycles. The molecule has 0 saturated carbocycles. The molecule has 1 saturated heterocycles. The lowest BCUT2D eigenvalue weighted by molar-refractivity contribution is 0.142. The summed E-state index contributed by atoms with van der Waals surface area (Å²) in [6.45, 7) is 11.3. The third-order valence-corrected chi connectivity index (χ3v) is 2.81. The average molecular weight is 212 g/mol. The number of amides is 2. The van der Waals surface area contributed by atoms with Crippen LogP contribution in [-0.4, -0.2) is 41.5 Å². The van der Waals surface area contributed by atoms with Gasteiger partial charge in [-0.3, -0.25) is 0 Å². The topological polar surface area (TPSA) is 23.6 Å². The largest absolute Gasteiger partial charge is 0.325 e. The van der Waals surface area contributed by atoms with E-state index in [0.717, 1.165) is 19.6 Å². The molecule has 15 heavy (non-hydrogen) atoms. The molecule has 1 rings (SSSR count). The second-order valence-corrected chi connectivity index (χ2v) is 5.12. The predicted molar refractivity (Wildman–Crippen MR) is 62.9 cm³/mol. The van der Waals surface area contributed by atoms with E-state index >= 15 is 0 Å². The zero-order chi connectivity index (χ0) is 11.4. The second-order valence-electron chi connectivity index (χ2n) is 5.12. The third kappa shape index (κ3) is 3.40. The average Bonchev–Trinajstić information content (AvgIpc) is 2.65. The fourth-order valence-corrected chi connectivity index (χ4v) is 1.99. The summed E-state index contributed by atoms with van der Waals surface area (Å²) in [6, 6.07) is 0.539. The molecule has 0 spiro atoms. The first-order chi connectivity index (χ1) is 7.02. The highest BCUT2D eigenvalue weighted by Gasteiger charge is 2.25. The molecule has 88 valence electrons. The Morgan fingerprint density at radius 2 is 1.73 bits per heavy atom. The van der Waals surface area contributed by atoms with Crippen molar-refractivity contribution >= 4 is 6.03 Å². The van der Waals surface area contributed by atoms with Crippen molar-refractivity contribution in [2.24, 2.45) is 5.92 Å². The van der Waals surface area contributed by atoms with E-state index in [4.69, 9.17) is 0 Å². The van der Waals surface area contributed by atoms with Crippen LogP contribution in [0.2, 0.25) is 0 Å². The molecule has 0 aliphatic carbocycles. The van der Waals surface area contributed by atoms with Gasteiger partial charge in [0.25, 0.3) is 0 Å². The molecule has 0 bridgehead atoms. The summed E-state index contributed by atoms with van der Waals surface area (Å²) in [6.07, 6.45) is 2.33. The summed E-state index contributed by atoms with van der Waals surface area (Å²) >= 11 is 0. The van der Waals surface area contributed by atoms with E-state index in [2.05, 4.69) is 27.7 Å². The van der Waals surface area contributed by atoms with Gasteiger partial charge in [-0.25, -0.2) is 4.79 Å². The van der Waals surface area contributed by atoms with Crippen LogP contribution in [0.25, 0.3) is 0 Å². The molecule has 3 nitrogen and oxygen atoms in total. The van der Waals surface area contributed by atoms with E-state index in [-0.39, 0.29) is 6.03 Å². The molecule has 0 aromatic carbocycles. The lowest BCUT2D eigenvalue weighted by atomic mass is 10.2.